The van der Waals surface area contributed by atoms with Crippen LogP contribution in [0.5, 0.6) is 5.75 Å². The fourth-order valence-corrected chi connectivity index (χ4v) is 1.91. The molecule has 1 aromatic heterocycles. The van der Waals surface area contributed by atoms with Crippen LogP contribution in [-0.4, -0.2) is 43.8 Å². The Morgan fingerprint density at radius 3 is 2.55 bits per heavy atom. The highest BCUT2D eigenvalue weighted by Gasteiger charge is 2.19. The van der Waals surface area contributed by atoms with Gasteiger partial charge in [-0.05, 0) is 12.1 Å². The number of aromatic carboxylic acids is 1. The highest BCUT2D eigenvalue weighted by molar-refractivity contribution is 5.86. The van der Waals surface area contributed by atoms with Gasteiger partial charge in [-0.2, -0.15) is 0 Å². The number of aromatic nitrogens is 3. The summed E-state index contributed by atoms with van der Waals surface area (Å²) in [6.07, 6.45) is 0.109. The van der Waals surface area contributed by atoms with Crippen molar-refractivity contribution >= 4 is 11.9 Å². The number of hydrogen-bond donors (Lipinski definition) is 2. The minimum atomic E-state index is -1.20. The molecule has 8 heteroatoms. The van der Waals surface area contributed by atoms with Crippen molar-refractivity contribution in [2.45, 2.75) is 19.4 Å². The number of benzene rings is 1. The van der Waals surface area contributed by atoms with Crippen LogP contribution >= 0.6 is 0 Å². The Bertz CT molecular complexity index is 654. The smallest absolute Gasteiger partial charge is 0.358 e. The van der Waals surface area contributed by atoms with Gasteiger partial charge in [0.1, 0.15) is 5.75 Å². The second kappa shape index (κ2) is 7.21. The predicted molar refractivity (Wildman–Crippen MR) is 74.9 cm³/mol. The minimum absolute atomic E-state index is 0.0658. The summed E-state index contributed by atoms with van der Waals surface area (Å²) in [4.78, 5) is 21.8. The van der Waals surface area contributed by atoms with Crippen LogP contribution in [0.4, 0.5) is 0 Å². The van der Waals surface area contributed by atoms with E-state index in [2.05, 4.69) is 10.3 Å². The van der Waals surface area contributed by atoms with E-state index in [0.29, 0.717) is 11.4 Å². The number of rotatable bonds is 8. The second-order valence-corrected chi connectivity index (χ2v) is 4.47. The summed E-state index contributed by atoms with van der Waals surface area (Å²) < 4.78 is 6.81. The number of aliphatic carboxylic acids is 1. The topological polar surface area (TPSA) is 115 Å². The van der Waals surface area contributed by atoms with Crippen molar-refractivity contribution in [2.24, 2.45) is 0 Å². The molecule has 0 atom stereocenters. The van der Waals surface area contributed by atoms with Gasteiger partial charge in [0, 0.05) is 6.42 Å². The maximum Gasteiger partial charge on any atom is 0.358 e. The highest BCUT2D eigenvalue weighted by Crippen LogP contribution is 2.11. The molecule has 116 valence electrons. The van der Waals surface area contributed by atoms with Crippen molar-refractivity contribution in [1.82, 2.24) is 15.0 Å². The summed E-state index contributed by atoms with van der Waals surface area (Å²) in [7, 11) is 0. The summed E-state index contributed by atoms with van der Waals surface area (Å²) in [6.45, 7) is 0.307. The predicted octanol–water partition coefficient (Wildman–Crippen LogP) is 1.07. The van der Waals surface area contributed by atoms with E-state index in [1.165, 1.54) is 4.68 Å². The molecule has 22 heavy (non-hydrogen) atoms. The minimum Gasteiger partial charge on any atom is -0.493 e. The van der Waals surface area contributed by atoms with Gasteiger partial charge in [0.25, 0.3) is 0 Å². The Morgan fingerprint density at radius 2 is 1.91 bits per heavy atom. The number of ether oxygens (including phenoxy) is 1. The molecule has 0 aliphatic carbocycles. The summed E-state index contributed by atoms with van der Waals surface area (Å²) in [5.41, 5.74) is 0.173. The molecule has 1 heterocycles. The lowest BCUT2D eigenvalue weighted by Crippen LogP contribution is -2.14. The van der Waals surface area contributed by atoms with E-state index in [4.69, 9.17) is 14.9 Å². The second-order valence-electron chi connectivity index (χ2n) is 4.47. The number of aryl methyl sites for hydroxylation is 1. The van der Waals surface area contributed by atoms with Crippen LogP contribution in [0.2, 0.25) is 0 Å². The molecule has 0 amide bonds. The standard InChI is InChI=1S/C14H15N3O5/c18-12(19)6-8-17-11(13(14(20)21)15-16-17)7-9-22-10-4-2-1-3-5-10/h1-5H,6-9H2,(H,18,19)(H,20,21). The van der Waals surface area contributed by atoms with Crippen LogP contribution in [-0.2, 0) is 17.8 Å². The molecule has 2 rings (SSSR count). The molecule has 0 fully saturated rings. The van der Waals surface area contributed by atoms with Crippen LogP contribution in [0.15, 0.2) is 30.3 Å². The number of nitrogens with zero attached hydrogens (tertiary/aromatic N) is 3. The number of carboxylic acid groups (broad SMARTS) is 2. The molecule has 0 unspecified atom stereocenters. The summed E-state index contributed by atoms with van der Waals surface area (Å²) >= 11 is 0. The number of carboxylic acids is 2. The average molecular weight is 305 g/mol. The summed E-state index contributed by atoms with van der Waals surface area (Å²) in [5, 5.41) is 25.1. The Hall–Kier alpha value is -2.90. The first-order valence-corrected chi connectivity index (χ1v) is 6.63. The number of para-hydroxylation sites is 1. The normalized spacial score (nSPS) is 10.4. The van der Waals surface area contributed by atoms with Crippen LogP contribution < -0.4 is 4.74 Å². The molecule has 2 N–H and O–H groups in total. The Balaban J connectivity index is 2.05. The molecule has 0 saturated heterocycles. The van der Waals surface area contributed by atoms with Gasteiger partial charge in [0.05, 0.1) is 25.3 Å². The van der Waals surface area contributed by atoms with E-state index < -0.39 is 11.9 Å². The molecule has 1 aromatic carbocycles. The molecule has 0 saturated carbocycles. The monoisotopic (exact) mass is 305 g/mol. The fraction of sp³-hybridized carbons (Fsp3) is 0.286. The third kappa shape index (κ3) is 4.05. The van der Waals surface area contributed by atoms with Crippen LogP contribution in [0.1, 0.15) is 22.6 Å². The third-order valence-corrected chi connectivity index (χ3v) is 2.93. The molecule has 0 bridgehead atoms. The van der Waals surface area contributed by atoms with E-state index in [0.717, 1.165) is 0 Å². The van der Waals surface area contributed by atoms with Crippen molar-refractivity contribution in [2.75, 3.05) is 6.61 Å². The summed E-state index contributed by atoms with van der Waals surface area (Å²) in [5.74, 6) is -1.51. The highest BCUT2D eigenvalue weighted by atomic mass is 16.5. The van der Waals surface area contributed by atoms with Crippen molar-refractivity contribution in [3.05, 3.63) is 41.7 Å². The molecule has 0 aliphatic heterocycles. The average Bonchev–Trinajstić information content (AvgIpc) is 2.89. The molecule has 8 nitrogen and oxygen atoms in total. The zero-order valence-electron chi connectivity index (χ0n) is 11.7. The zero-order chi connectivity index (χ0) is 15.9. The van der Waals surface area contributed by atoms with E-state index in [9.17, 15) is 9.59 Å². The third-order valence-electron chi connectivity index (χ3n) is 2.93. The van der Waals surface area contributed by atoms with Crippen molar-refractivity contribution in [3.63, 3.8) is 0 Å². The van der Waals surface area contributed by atoms with Crippen LogP contribution in [0.3, 0.4) is 0 Å². The van der Waals surface area contributed by atoms with Gasteiger partial charge in [-0.25, -0.2) is 9.48 Å². The van der Waals surface area contributed by atoms with Crippen molar-refractivity contribution in [3.8, 4) is 5.75 Å². The molecule has 0 radical (unpaired) electrons. The first-order chi connectivity index (χ1) is 10.6. The van der Waals surface area contributed by atoms with Crippen LogP contribution in [0, 0.1) is 0 Å². The van der Waals surface area contributed by atoms with Gasteiger partial charge in [0.15, 0.2) is 5.69 Å². The Labute approximate surface area is 125 Å². The lowest BCUT2D eigenvalue weighted by molar-refractivity contribution is -0.137. The van der Waals surface area contributed by atoms with E-state index in [1.807, 2.05) is 18.2 Å². The van der Waals surface area contributed by atoms with Gasteiger partial charge in [-0.3, -0.25) is 4.79 Å². The molecule has 0 aliphatic rings. The van der Waals surface area contributed by atoms with Gasteiger partial charge >= 0.3 is 11.9 Å². The van der Waals surface area contributed by atoms with E-state index in [1.54, 1.807) is 12.1 Å². The Kier molecular flexibility index (Phi) is 5.07. The Morgan fingerprint density at radius 1 is 1.18 bits per heavy atom. The molecular weight excluding hydrogens is 290 g/mol. The first-order valence-electron chi connectivity index (χ1n) is 6.63. The quantitative estimate of drug-likeness (QED) is 0.749. The molecule has 0 spiro atoms. The van der Waals surface area contributed by atoms with Crippen molar-refractivity contribution < 1.29 is 24.5 Å². The van der Waals surface area contributed by atoms with Gasteiger partial charge in [0.2, 0.25) is 0 Å². The maximum atomic E-state index is 11.1. The van der Waals surface area contributed by atoms with Gasteiger partial charge in [-0.1, -0.05) is 23.4 Å². The summed E-state index contributed by atoms with van der Waals surface area (Å²) in [6, 6.07) is 9.10. The first kappa shape index (κ1) is 15.5. The molecule has 2 aromatic rings. The lowest BCUT2D eigenvalue weighted by atomic mass is 10.2. The maximum absolute atomic E-state index is 11.1. The van der Waals surface area contributed by atoms with E-state index in [-0.39, 0.29) is 31.7 Å². The number of carbonyl (C=O) groups is 2. The van der Waals surface area contributed by atoms with Gasteiger partial charge in [-0.15, -0.1) is 5.10 Å². The SMILES string of the molecule is O=C(O)CCn1nnc(C(=O)O)c1CCOc1ccccc1. The zero-order valence-corrected chi connectivity index (χ0v) is 11.7. The fourth-order valence-electron chi connectivity index (χ4n) is 1.91. The number of hydrogen-bond acceptors (Lipinski definition) is 5. The van der Waals surface area contributed by atoms with Crippen molar-refractivity contribution in [1.29, 1.82) is 0 Å². The van der Waals surface area contributed by atoms with Crippen LogP contribution in [0.25, 0.3) is 0 Å². The molecular formula is C14H15N3O5. The largest absolute Gasteiger partial charge is 0.493 e. The van der Waals surface area contributed by atoms with Gasteiger partial charge < -0.3 is 14.9 Å². The lowest BCUT2D eigenvalue weighted by Gasteiger charge is -2.08. The van der Waals surface area contributed by atoms with E-state index >= 15 is 0 Å².